The molecule has 0 unspecified atom stereocenters. The molecular weight excluding hydrogens is 216 g/mol. The van der Waals surface area contributed by atoms with E-state index in [1.807, 2.05) is 6.92 Å². The van der Waals surface area contributed by atoms with Crippen molar-refractivity contribution in [2.75, 3.05) is 13.2 Å². The van der Waals surface area contributed by atoms with E-state index in [1.54, 1.807) is 12.1 Å². The van der Waals surface area contributed by atoms with Crippen LogP contribution < -0.4 is 0 Å². The van der Waals surface area contributed by atoms with Crippen LogP contribution in [-0.2, 0) is 14.3 Å². The molecule has 0 aliphatic heterocycles. The molecule has 0 aliphatic rings. The van der Waals surface area contributed by atoms with Gasteiger partial charge in [0, 0.05) is 6.61 Å². The van der Waals surface area contributed by atoms with Crippen molar-refractivity contribution in [3.8, 4) is 0 Å². The summed E-state index contributed by atoms with van der Waals surface area (Å²) in [5.74, 6) is 0. The van der Waals surface area contributed by atoms with Gasteiger partial charge in [-0.1, -0.05) is 17.7 Å². The standard InChI is InChI=1S/C10H14O4S/c1-9-3-5-10(6-4-9)15(12,13)14-8-2-7-11/h3-6,11H,2,7-8H2,1H3. The molecule has 15 heavy (non-hydrogen) atoms. The van der Waals surface area contributed by atoms with Crippen LogP contribution in [0, 0.1) is 6.92 Å². The first kappa shape index (κ1) is 12.2. The monoisotopic (exact) mass is 230 g/mol. The molecule has 0 fully saturated rings. The maximum Gasteiger partial charge on any atom is 0.296 e. The highest BCUT2D eigenvalue weighted by molar-refractivity contribution is 7.86. The molecule has 1 aromatic carbocycles. The fourth-order valence-electron chi connectivity index (χ4n) is 1.01. The zero-order valence-electron chi connectivity index (χ0n) is 8.51. The van der Waals surface area contributed by atoms with Crippen molar-refractivity contribution >= 4 is 10.1 Å². The fourth-order valence-corrected chi connectivity index (χ4v) is 1.95. The summed E-state index contributed by atoms with van der Waals surface area (Å²) in [5, 5.41) is 8.50. The molecule has 0 saturated heterocycles. The number of aliphatic hydroxyl groups excluding tert-OH is 1. The van der Waals surface area contributed by atoms with Gasteiger partial charge in [0.05, 0.1) is 11.5 Å². The van der Waals surface area contributed by atoms with E-state index in [0.29, 0.717) is 6.42 Å². The van der Waals surface area contributed by atoms with Crippen molar-refractivity contribution in [3.63, 3.8) is 0 Å². The van der Waals surface area contributed by atoms with Crippen LogP contribution in [0.1, 0.15) is 12.0 Å². The number of rotatable bonds is 5. The highest BCUT2D eigenvalue weighted by Crippen LogP contribution is 2.13. The van der Waals surface area contributed by atoms with Gasteiger partial charge in [0.1, 0.15) is 0 Å². The number of aliphatic hydroxyl groups is 1. The van der Waals surface area contributed by atoms with Gasteiger partial charge in [-0.05, 0) is 25.5 Å². The third-order valence-corrected chi connectivity index (χ3v) is 3.18. The second-order valence-corrected chi connectivity index (χ2v) is 4.78. The molecule has 0 amide bonds. The van der Waals surface area contributed by atoms with Gasteiger partial charge in [-0.3, -0.25) is 4.18 Å². The summed E-state index contributed by atoms with van der Waals surface area (Å²) < 4.78 is 27.7. The molecule has 0 aliphatic carbocycles. The normalized spacial score (nSPS) is 11.6. The highest BCUT2D eigenvalue weighted by atomic mass is 32.2. The van der Waals surface area contributed by atoms with Gasteiger partial charge in [-0.15, -0.1) is 0 Å². The summed E-state index contributed by atoms with van der Waals surface area (Å²) >= 11 is 0. The molecule has 0 atom stereocenters. The third kappa shape index (κ3) is 3.62. The second-order valence-electron chi connectivity index (χ2n) is 3.17. The van der Waals surface area contributed by atoms with E-state index in [0.717, 1.165) is 5.56 Å². The van der Waals surface area contributed by atoms with E-state index in [-0.39, 0.29) is 18.1 Å². The molecule has 1 N–H and O–H groups in total. The minimum absolute atomic E-state index is 0.00666. The predicted molar refractivity (Wildman–Crippen MR) is 56.0 cm³/mol. The van der Waals surface area contributed by atoms with Crippen molar-refractivity contribution in [2.24, 2.45) is 0 Å². The van der Waals surface area contributed by atoms with Crippen LogP contribution in [0.4, 0.5) is 0 Å². The third-order valence-electron chi connectivity index (χ3n) is 1.85. The lowest BCUT2D eigenvalue weighted by atomic mass is 10.2. The smallest absolute Gasteiger partial charge is 0.296 e. The summed E-state index contributed by atoms with van der Waals surface area (Å²) in [4.78, 5) is 0.144. The van der Waals surface area contributed by atoms with Crippen LogP contribution in [0.2, 0.25) is 0 Å². The summed E-state index contributed by atoms with van der Waals surface area (Å²) in [6.45, 7) is 1.80. The number of hydrogen-bond donors (Lipinski definition) is 1. The topological polar surface area (TPSA) is 63.6 Å². The minimum Gasteiger partial charge on any atom is -0.396 e. The SMILES string of the molecule is Cc1ccc(S(=O)(=O)OCCCO)cc1. The molecule has 0 bridgehead atoms. The Morgan fingerprint density at radius 3 is 2.40 bits per heavy atom. The minimum atomic E-state index is -3.66. The van der Waals surface area contributed by atoms with Gasteiger partial charge in [-0.25, -0.2) is 0 Å². The molecule has 84 valence electrons. The van der Waals surface area contributed by atoms with Gasteiger partial charge in [0.25, 0.3) is 10.1 Å². The maximum atomic E-state index is 11.5. The first-order chi connectivity index (χ1) is 7.06. The lowest BCUT2D eigenvalue weighted by molar-refractivity contribution is 0.237. The molecule has 0 spiro atoms. The van der Waals surface area contributed by atoms with Crippen molar-refractivity contribution in [2.45, 2.75) is 18.2 Å². The van der Waals surface area contributed by atoms with Gasteiger partial charge in [0.2, 0.25) is 0 Å². The van der Waals surface area contributed by atoms with Crippen LogP contribution >= 0.6 is 0 Å². The quantitative estimate of drug-likeness (QED) is 0.607. The lowest BCUT2D eigenvalue weighted by Crippen LogP contribution is -2.08. The molecule has 0 aromatic heterocycles. The molecule has 0 saturated carbocycles. The van der Waals surface area contributed by atoms with Crippen molar-refractivity contribution in [3.05, 3.63) is 29.8 Å². The molecule has 0 heterocycles. The van der Waals surface area contributed by atoms with E-state index in [2.05, 4.69) is 0 Å². The average Bonchev–Trinajstić information content (AvgIpc) is 2.18. The van der Waals surface area contributed by atoms with E-state index in [4.69, 9.17) is 9.29 Å². The molecule has 5 heteroatoms. The Labute approximate surface area is 89.6 Å². The Balaban J connectivity index is 2.73. The Hall–Kier alpha value is -0.910. The van der Waals surface area contributed by atoms with Gasteiger partial charge >= 0.3 is 0 Å². The van der Waals surface area contributed by atoms with Crippen molar-refractivity contribution in [1.82, 2.24) is 0 Å². The van der Waals surface area contributed by atoms with Gasteiger partial charge in [-0.2, -0.15) is 8.42 Å². The highest BCUT2D eigenvalue weighted by Gasteiger charge is 2.13. The predicted octanol–water partition coefficient (Wildman–Crippen LogP) is 1.08. The molecule has 1 aromatic rings. The van der Waals surface area contributed by atoms with Gasteiger partial charge < -0.3 is 5.11 Å². The Kier molecular flexibility index (Phi) is 4.26. The zero-order valence-corrected chi connectivity index (χ0v) is 9.33. The molecule has 4 nitrogen and oxygen atoms in total. The van der Waals surface area contributed by atoms with Crippen LogP contribution in [0.3, 0.4) is 0 Å². The van der Waals surface area contributed by atoms with Crippen LogP contribution in [0.15, 0.2) is 29.2 Å². The van der Waals surface area contributed by atoms with Crippen LogP contribution in [-0.4, -0.2) is 26.7 Å². The summed E-state index contributed by atoms with van der Waals surface area (Å²) in [7, 11) is -3.66. The maximum absolute atomic E-state index is 11.5. The summed E-state index contributed by atoms with van der Waals surface area (Å²) in [6.07, 6.45) is 0.311. The average molecular weight is 230 g/mol. The van der Waals surface area contributed by atoms with E-state index >= 15 is 0 Å². The van der Waals surface area contributed by atoms with E-state index in [9.17, 15) is 8.42 Å². The Bertz CT molecular complexity index is 394. The molecule has 0 radical (unpaired) electrons. The molecular formula is C10H14O4S. The first-order valence-corrected chi connectivity index (χ1v) is 6.04. The van der Waals surface area contributed by atoms with Crippen LogP contribution in [0.5, 0.6) is 0 Å². The van der Waals surface area contributed by atoms with Crippen molar-refractivity contribution < 1.29 is 17.7 Å². The summed E-state index contributed by atoms with van der Waals surface area (Å²) in [6, 6.07) is 6.43. The number of benzene rings is 1. The second kappa shape index (κ2) is 5.25. The fraction of sp³-hybridized carbons (Fsp3) is 0.400. The Morgan fingerprint density at radius 1 is 1.27 bits per heavy atom. The van der Waals surface area contributed by atoms with Crippen molar-refractivity contribution in [1.29, 1.82) is 0 Å². The van der Waals surface area contributed by atoms with Gasteiger partial charge in [0.15, 0.2) is 0 Å². The Morgan fingerprint density at radius 2 is 1.87 bits per heavy atom. The largest absolute Gasteiger partial charge is 0.396 e. The first-order valence-electron chi connectivity index (χ1n) is 4.63. The summed E-state index contributed by atoms with van der Waals surface area (Å²) in [5.41, 5.74) is 0.990. The van der Waals surface area contributed by atoms with E-state index in [1.165, 1.54) is 12.1 Å². The van der Waals surface area contributed by atoms with E-state index < -0.39 is 10.1 Å². The number of aryl methyl sites for hydroxylation is 1. The van der Waals surface area contributed by atoms with Crippen LogP contribution in [0.25, 0.3) is 0 Å². The lowest BCUT2D eigenvalue weighted by Gasteiger charge is -2.04. The number of hydrogen-bond acceptors (Lipinski definition) is 4. The molecule has 1 rings (SSSR count). The zero-order chi connectivity index (χ0) is 11.3.